The highest BCUT2D eigenvalue weighted by Gasteiger charge is 2.34. The lowest BCUT2D eigenvalue weighted by Crippen LogP contribution is -2.49. The molecule has 2 heteroatoms. The molecule has 0 saturated heterocycles. The van der Waals surface area contributed by atoms with Gasteiger partial charge in [0.05, 0.1) is 0 Å². The smallest absolute Gasteiger partial charge is 0.0112 e. The summed E-state index contributed by atoms with van der Waals surface area (Å²) in [4.78, 5) is 2.61. The van der Waals surface area contributed by atoms with Crippen molar-refractivity contribution in [3.63, 3.8) is 0 Å². The third-order valence-corrected chi connectivity index (χ3v) is 5.21. The standard InChI is InChI=1S/C17H36N2/c1-7-15(8-2)19(6)12-16-14(5)10-13(4)11-17(16)18-9-3/h13-18H,7-12H2,1-6H3. The second kappa shape index (κ2) is 8.26. The van der Waals surface area contributed by atoms with Crippen molar-refractivity contribution in [2.75, 3.05) is 20.1 Å². The second-order valence-electron chi connectivity index (χ2n) is 6.79. The summed E-state index contributed by atoms with van der Waals surface area (Å²) in [6, 6.07) is 1.48. The largest absolute Gasteiger partial charge is 0.314 e. The molecule has 4 atom stereocenters. The Labute approximate surface area is 121 Å². The van der Waals surface area contributed by atoms with Crippen molar-refractivity contribution in [2.24, 2.45) is 17.8 Å². The molecular weight excluding hydrogens is 232 g/mol. The molecule has 1 N–H and O–H groups in total. The van der Waals surface area contributed by atoms with Crippen LogP contribution in [0, 0.1) is 17.8 Å². The van der Waals surface area contributed by atoms with Crippen LogP contribution in [-0.4, -0.2) is 37.1 Å². The molecule has 0 aromatic heterocycles. The number of hydrogen-bond acceptors (Lipinski definition) is 2. The van der Waals surface area contributed by atoms with Crippen molar-refractivity contribution in [3.05, 3.63) is 0 Å². The molecule has 4 unspecified atom stereocenters. The number of hydrogen-bond donors (Lipinski definition) is 1. The van der Waals surface area contributed by atoms with E-state index in [2.05, 4.69) is 51.9 Å². The van der Waals surface area contributed by atoms with Gasteiger partial charge >= 0.3 is 0 Å². The zero-order chi connectivity index (χ0) is 14.4. The second-order valence-corrected chi connectivity index (χ2v) is 6.79. The molecule has 1 aliphatic carbocycles. The van der Waals surface area contributed by atoms with Crippen molar-refractivity contribution in [1.82, 2.24) is 10.2 Å². The average molecular weight is 268 g/mol. The van der Waals surface area contributed by atoms with Crippen LogP contribution in [0.3, 0.4) is 0 Å². The Hall–Kier alpha value is -0.0800. The normalized spacial score (nSPS) is 32.2. The molecule has 1 rings (SSSR count). The van der Waals surface area contributed by atoms with Crippen molar-refractivity contribution >= 4 is 0 Å². The fourth-order valence-corrected chi connectivity index (χ4v) is 4.11. The Bertz CT molecular complexity index is 237. The maximum Gasteiger partial charge on any atom is 0.0112 e. The average Bonchev–Trinajstić information content (AvgIpc) is 2.35. The summed E-state index contributed by atoms with van der Waals surface area (Å²) in [6.07, 6.45) is 5.32. The van der Waals surface area contributed by atoms with E-state index in [0.717, 1.165) is 36.4 Å². The van der Waals surface area contributed by atoms with E-state index in [4.69, 9.17) is 0 Å². The maximum atomic E-state index is 3.75. The summed E-state index contributed by atoms with van der Waals surface area (Å²) in [5, 5.41) is 3.75. The highest BCUT2D eigenvalue weighted by molar-refractivity contribution is 4.89. The van der Waals surface area contributed by atoms with Gasteiger partial charge in [-0.05, 0) is 57.0 Å². The van der Waals surface area contributed by atoms with E-state index in [1.807, 2.05) is 0 Å². The number of nitrogens with zero attached hydrogens (tertiary/aromatic N) is 1. The first-order valence-corrected chi connectivity index (χ1v) is 8.46. The highest BCUT2D eigenvalue weighted by atomic mass is 15.1. The van der Waals surface area contributed by atoms with E-state index < -0.39 is 0 Å². The molecule has 0 aromatic rings. The number of rotatable bonds is 7. The molecule has 19 heavy (non-hydrogen) atoms. The zero-order valence-corrected chi connectivity index (χ0v) is 14.1. The summed E-state index contributed by atoms with van der Waals surface area (Å²) >= 11 is 0. The van der Waals surface area contributed by atoms with E-state index in [1.54, 1.807) is 0 Å². The molecule has 0 amide bonds. The summed E-state index contributed by atoms with van der Waals surface area (Å²) in [5.74, 6) is 2.56. The fraction of sp³-hybridized carbons (Fsp3) is 1.00. The van der Waals surface area contributed by atoms with Crippen LogP contribution in [0.5, 0.6) is 0 Å². The summed E-state index contributed by atoms with van der Waals surface area (Å²) in [7, 11) is 2.32. The van der Waals surface area contributed by atoms with Crippen LogP contribution >= 0.6 is 0 Å². The van der Waals surface area contributed by atoms with Crippen LogP contribution in [0.4, 0.5) is 0 Å². The Morgan fingerprint density at radius 1 is 1.11 bits per heavy atom. The summed E-state index contributed by atoms with van der Waals surface area (Å²) in [5.41, 5.74) is 0. The Kier molecular flexibility index (Phi) is 7.38. The van der Waals surface area contributed by atoms with Gasteiger partial charge in [-0.3, -0.25) is 0 Å². The molecule has 1 fully saturated rings. The SMILES string of the molecule is CCNC1CC(C)CC(C)C1CN(C)C(CC)CC. The van der Waals surface area contributed by atoms with E-state index >= 15 is 0 Å². The topological polar surface area (TPSA) is 15.3 Å². The number of nitrogens with one attached hydrogen (secondary N) is 1. The first-order valence-electron chi connectivity index (χ1n) is 8.46. The lowest BCUT2D eigenvalue weighted by atomic mass is 9.72. The van der Waals surface area contributed by atoms with Gasteiger partial charge in [0.25, 0.3) is 0 Å². The first-order chi connectivity index (χ1) is 9.03. The van der Waals surface area contributed by atoms with Crippen LogP contribution in [0.2, 0.25) is 0 Å². The van der Waals surface area contributed by atoms with Gasteiger partial charge in [-0.15, -0.1) is 0 Å². The van der Waals surface area contributed by atoms with Crippen LogP contribution in [0.1, 0.15) is 60.3 Å². The molecule has 0 bridgehead atoms. The maximum absolute atomic E-state index is 3.75. The van der Waals surface area contributed by atoms with E-state index in [9.17, 15) is 0 Å². The fourth-order valence-electron chi connectivity index (χ4n) is 4.11. The molecule has 0 aliphatic heterocycles. The highest BCUT2D eigenvalue weighted by Crippen LogP contribution is 2.34. The van der Waals surface area contributed by atoms with Gasteiger partial charge in [-0.1, -0.05) is 34.6 Å². The van der Waals surface area contributed by atoms with Crippen LogP contribution in [0.15, 0.2) is 0 Å². The van der Waals surface area contributed by atoms with E-state index in [0.29, 0.717) is 0 Å². The Morgan fingerprint density at radius 3 is 2.26 bits per heavy atom. The third kappa shape index (κ3) is 4.75. The predicted octanol–water partition coefficient (Wildman–Crippen LogP) is 3.77. The molecule has 0 radical (unpaired) electrons. The molecule has 2 nitrogen and oxygen atoms in total. The van der Waals surface area contributed by atoms with E-state index in [1.165, 1.54) is 32.2 Å². The van der Waals surface area contributed by atoms with Gasteiger partial charge in [-0.2, -0.15) is 0 Å². The predicted molar refractivity (Wildman–Crippen MR) is 85.5 cm³/mol. The lowest BCUT2D eigenvalue weighted by Gasteiger charge is -2.43. The van der Waals surface area contributed by atoms with E-state index in [-0.39, 0.29) is 0 Å². The molecule has 1 saturated carbocycles. The minimum Gasteiger partial charge on any atom is -0.314 e. The minimum atomic E-state index is 0.723. The molecular formula is C17H36N2. The van der Waals surface area contributed by atoms with Gasteiger partial charge < -0.3 is 10.2 Å². The van der Waals surface area contributed by atoms with Gasteiger partial charge in [0.1, 0.15) is 0 Å². The molecule has 1 aliphatic rings. The Balaban J connectivity index is 2.65. The van der Waals surface area contributed by atoms with Gasteiger partial charge in [0, 0.05) is 18.6 Å². The monoisotopic (exact) mass is 268 g/mol. The summed E-state index contributed by atoms with van der Waals surface area (Å²) in [6.45, 7) is 14.1. The van der Waals surface area contributed by atoms with Crippen molar-refractivity contribution in [1.29, 1.82) is 0 Å². The van der Waals surface area contributed by atoms with Gasteiger partial charge in [-0.25, -0.2) is 0 Å². The van der Waals surface area contributed by atoms with Crippen LogP contribution in [0.25, 0.3) is 0 Å². The van der Waals surface area contributed by atoms with Gasteiger partial charge in [0.2, 0.25) is 0 Å². The van der Waals surface area contributed by atoms with Crippen LogP contribution < -0.4 is 5.32 Å². The van der Waals surface area contributed by atoms with Gasteiger partial charge in [0.15, 0.2) is 0 Å². The molecule has 0 heterocycles. The van der Waals surface area contributed by atoms with Crippen LogP contribution in [-0.2, 0) is 0 Å². The summed E-state index contributed by atoms with van der Waals surface area (Å²) < 4.78 is 0. The van der Waals surface area contributed by atoms with Crippen molar-refractivity contribution in [2.45, 2.75) is 72.4 Å². The van der Waals surface area contributed by atoms with Crippen molar-refractivity contribution < 1.29 is 0 Å². The first kappa shape index (κ1) is 17.0. The molecule has 0 aromatic carbocycles. The zero-order valence-electron chi connectivity index (χ0n) is 14.1. The Morgan fingerprint density at radius 2 is 1.74 bits per heavy atom. The third-order valence-electron chi connectivity index (χ3n) is 5.21. The molecule has 0 spiro atoms. The lowest BCUT2D eigenvalue weighted by molar-refractivity contribution is 0.0924. The minimum absolute atomic E-state index is 0.723. The van der Waals surface area contributed by atoms with Crippen molar-refractivity contribution in [3.8, 4) is 0 Å². The molecule has 114 valence electrons. The quantitative estimate of drug-likeness (QED) is 0.756.